The van der Waals surface area contributed by atoms with E-state index in [-0.39, 0.29) is 11.2 Å². The molecule has 1 saturated carbocycles. The van der Waals surface area contributed by atoms with Gasteiger partial charge >= 0.3 is 0 Å². The molecule has 1 aromatic heterocycles. The van der Waals surface area contributed by atoms with Gasteiger partial charge in [0.05, 0.1) is 17.2 Å². The third kappa shape index (κ3) is 3.27. The van der Waals surface area contributed by atoms with Crippen LogP contribution in [0.3, 0.4) is 0 Å². The van der Waals surface area contributed by atoms with E-state index >= 15 is 0 Å². The van der Waals surface area contributed by atoms with Crippen molar-refractivity contribution < 1.29 is 4.79 Å². The first-order valence-corrected chi connectivity index (χ1v) is 12.7. The number of nitrogens with one attached hydrogen (secondary N) is 2. The van der Waals surface area contributed by atoms with Crippen LogP contribution in [0.4, 0.5) is 5.69 Å². The molecule has 174 valence electrons. The number of anilines is 1. The van der Waals surface area contributed by atoms with Gasteiger partial charge in [0.25, 0.3) is 0 Å². The molecule has 1 saturated heterocycles. The lowest BCUT2D eigenvalue weighted by atomic mass is 9.70. The van der Waals surface area contributed by atoms with Gasteiger partial charge in [0.1, 0.15) is 0 Å². The van der Waals surface area contributed by atoms with E-state index in [0.29, 0.717) is 11.6 Å². The van der Waals surface area contributed by atoms with E-state index in [1.165, 1.54) is 36.9 Å². The lowest BCUT2D eigenvalue weighted by Gasteiger charge is -2.38. The number of aryl methyl sites for hydroxylation is 1. The molecule has 0 atom stereocenters. The largest absolute Gasteiger partial charge is 0.371 e. The topological polar surface area (TPSA) is 71.9 Å². The highest BCUT2D eigenvalue weighted by molar-refractivity contribution is 6.20. The fraction of sp³-hybridized carbons (Fsp3) is 0.448. The highest BCUT2D eigenvalue weighted by Crippen LogP contribution is 2.46. The lowest BCUT2D eigenvalue weighted by molar-refractivity contribution is 0.103. The zero-order chi connectivity index (χ0) is 23.6. The molecular formula is C29H32N4O. The lowest BCUT2D eigenvalue weighted by Crippen LogP contribution is -2.43. The number of aromatic amines is 1. The minimum absolute atomic E-state index is 0.0916. The van der Waals surface area contributed by atoms with Crippen LogP contribution in [0.1, 0.15) is 84.8 Å². The SMILES string of the molecule is CCc1cc2c(cc1N1CCC(NC3CC3)CC1)C(C)(C)c1[nH]c3cc(C#N)ccc3c1C2=O. The van der Waals surface area contributed by atoms with Crippen molar-refractivity contribution in [3.05, 3.63) is 63.8 Å². The average Bonchev–Trinajstić information content (AvgIpc) is 3.58. The number of aromatic nitrogens is 1. The van der Waals surface area contributed by atoms with Crippen molar-refractivity contribution in [3.8, 4) is 6.07 Å². The van der Waals surface area contributed by atoms with Crippen molar-refractivity contribution >= 4 is 22.4 Å². The van der Waals surface area contributed by atoms with E-state index < -0.39 is 0 Å². The van der Waals surface area contributed by atoms with Crippen molar-refractivity contribution in [2.75, 3.05) is 18.0 Å². The van der Waals surface area contributed by atoms with Crippen LogP contribution in [0.15, 0.2) is 30.3 Å². The van der Waals surface area contributed by atoms with Crippen LogP contribution in [0, 0.1) is 11.3 Å². The molecule has 0 amide bonds. The van der Waals surface area contributed by atoms with Crippen molar-refractivity contribution in [1.29, 1.82) is 5.26 Å². The maximum atomic E-state index is 13.8. The molecule has 3 aromatic rings. The molecular weight excluding hydrogens is 420 g/mol. The van der Waals surface area contributed by atoms with Crippen LogP contribution in [0.25, 0.3) is 10.9 Å². The Morgan fingerprint density at radius 2 is 1.85 bits per heavy atom. The molecule has 0 spiro atoms. The number of benzene rings is 2. The monoisotopic (exact) mass is 452 g/mol. The number of nitriles is 1. The minimum Gasteiger partial charge on any atom is -0.371 e. The average molecular weight is 453 g/mol. The van der Waals surface area contributed by atoms with Crippen LogP contribution in [-0.2, 0) is 11.8 Å². The molecule has 5 heteroatoms. The number of H-pyrrole nitrogens is 1. The van der Waals surface area contributed by atoms with Gasteiger partial charge in [-0.05, 0) is 67.5 Å². The van der Waals surface area contributed by atoms with Crippen molar-refractivity contribution in [1.82, 2.24) is 10.3 Å². The van der Waals surface area contributed by atoms with Crippen LogP contribution in [0.2, 0.25) is 0 Å². The van der Waals surface area contributed by atoms with Gasteiger partial charge in [0.15, 0.2) is 5.78 Å². The fourth-order valence-electron chi connectivity index (χ4n) is 6.03. The Balaban J connectivity index is 1.41. The van der Waals surface area contributed by atoms with E-state index in [1.807, 2.05) is 12.1 Å². The Kier molecular flexibility index (Phi) is 4.86. The van der Waals surface area contributed by atoms with Crippen molar-refractivity contribution in [2.45, 2.75) is 70.4 Å². The normalized spacial score (nSPS) is 19.7. The molecule has 0 bridgehead atoms. The molecule has 5 nitrogen and oxygen atoms in total. The van der Waals surface area contributed by atoms with Gasteiger partial charge in [-0.15, -0.1) is 0 Å². The summed E-state index contributed by atoms with van der Waals surface area (Å²) in [6.45, 7) is 8.71. The Hall–Kier alpha value is -3.10. The molecule has 6 rings (SSSR count). The summed E-state index contributed by atoms with van der Waals surface area (Å²) in [5.41, 5.74) is 7.32. The van der Waals surface area contributed by atoms with Gasteiger partial charge in [0, 0.05) is 58.4 Å². The second kappa shape index (κ2) is 7.71. The maximum Gasteiger partial charge on any atom is 0.195 e. The summed E-state index contributed by atoms with van der Waals surface area (Å²) in [5, 5.41) is 14.0. The molecule has 2 fully saturated rings. The van der Waals surface area contributed by atoms with Gasteiger partial charge in [-0.25, -0.2) is 0 Å². The second-order valence-corrected chi connectivity index (χ2v) is 10.8. The number of piperidine rings is 1. The predicted octanol–water partition coefficient (Wildman–Crippen LogP) is 5.19. The fourth-order valence-corrected chi connectivity index (χ4v) is 6.03. The van der Waals surface area contributed by atoms with E-state index in [4.69, 9.17) is 0 Å². The number of rotatable bonds is 4. The predicted molar refractivity (Wildman–Crippen MR) is 136 cm³/mol. The minimum atomic E-state index is -0.336. The van der Waals surface area contributed by atoms with Crippen LogP contribution in [-0.4, -0.2) is 35.9 Å². The van der Waals surface area contributed by atoms with Gasteiger partial charge in [-0.3, -0.25) is 4.79 Å². The smallest absolute Gasteiger partial charge is 0.195 e. The first-order valence-electron chi connectivity index (χ1n) is 12.7. The number of ketones is 1. The van der Waals surface area contributed by atoms with Crippen LogP contribution < -0.4 is 10.2 Å². The molecule has 2 aliphatic carbocycles. The molecule has 2 heterocycles. The molecule has 1 aliphatic heterocycles. The molecule has 0 unspecified atom stereocenters. The third-order valence-electron chi connectivity index (χ3n) is 8.18. The Bertz CT molecular complexity index is 1350. The maximum absolute atomic E-state index is 13.8. The zero-order valence-corrected chi connectivity index (χ0v) is 20.3. The highest BCUT2D eigenvalue weighted by atomic mass is 16.1. The van der Waals surface area contributed by atoms with Crippen LogP contribution in [0.5, 0.6) is 0 Å². The Morgan fingerprint density at radius 3 is 2.53 bits per heavy atom. The first kappa shape index (κ1) is 21.4. The summed E-state index contributed by atoms with van der Waals surface area (Å²) in [6, 6.07) is 13.6. The summed E-state index contributed by atoms with van der Waals surface area (Å²) < 4.78 is 0. The van der Waals surface area contributed by atoms with Gasteiger partial charge in [0.2, 0.25) is 0 Å². The third-order valence-corrected chi connectivity index (χ3v) is 8.18. The van der Waals surface area contributed by atoms with Crippen molar-refractivity contribution in [2.24, 2.45) is 0 Å². The number of hydrogen-bond donors (Lipinski definition) is 2. The summed E-state index contributed by atoms with van der Waals surface area (Å²) in [5.74, 6) is 0.0916. The summed E-state index contributed by atoms with van der Waals surface area (Å²) in [4.78, 5) is 19.9. The Labute approximate surface area is 201 Å². The van der Waals surface area contributed by atoms with Crippen molar-refractivity contribution in [3.63, 3.8) is 0 Å². The zero-order valence-electron chi connectivity index (χ0n) is 20.3. The number of carbonyl (C=O) groups is 1. The standard InChI is InChI=1S/C29H32N4O/c1-4-18-14-22-23(15-25(18)33-11-9-20(10-12-33)31-19-6-7-19)29(2,3)28-26(27(22)34)21-8-5-17(16-30)13-24(21)32-28/h5,8,13-15,19-20,31-32H,4,6-7,9-12H2,1-3H3. The molecule has 2 aromatic carbocycles. The van der Waals surface area contributed by atoms with Gasteiger partial charge in [-0.1, -0.05) is 26.8 Å². The number of carbonyl (C=O) groups excluding carboxylic acids is 1. The number of nitrogens with zero attached hydrogens (tertiary/aromatic N) is 2. The first-order chi connectivity index (χ1) is 16.4. The van der Waals surface area contributed by atoms with Crippen LogP contribution >= 0.6 is 0 Å². The molecule has 3 aliphatic rings. The summed E-state index contributed by atoms with van der Waals surface area (Å²) in [7, 11) is 0. The number of fused-ring (bicyclic) bond motifs is 4. The number of hydrogen-bond acceptors (Lipinski definition) is 4. The van der Waals surface area contributed by atoms with Gasteiger partial charge in [-0.2, -0.15) is 5.26 Å². The quantitative estimate of drug-likeness (QED) is 0.571. The molecule has 0 radical (unpaired) electrons. The van der Waals surface area contributed by atoms with E-state index in [2.05, 4.69) is 54.2 Å². The van der Waals surface area contributed by atoms with E-state index in [0.717, 1.165) is 58.8 Å². The Morgan fingerprint density at radius 1 is 1.12 bits per heavy atom. The molecule has 2 N–H and O–H groups in total. The molecule has 34 heavy (non-hydrogen) atoms. The van der Waals surface area contributed by atoms with E-state index in [1.54, 1.807) is 6.07 Å². The van der Waals surface area contributed by atoms with Gasteiger partial charge < -0.3 is 15.2 Å². The summed E-state index contributed by atoms with van der Waals surface area (Å²) >= 11 is 0. The highest BCUT2D eigenvalue weighted by Gasteiger charge is 2.40. The summed E-state index contributed by atoms with van der Waals surface area (Å²) in [6.07, 6.45) is 5.92. The van der Waals surface area contributed by atoms with E-state index in [9.17, 15) is 10.1 Å². The second-order valence-electron chi connectivity index (χ2n) is 10.8.